The fraction of sp³-hybridized carbons (Fsp3) is 0.111. The normalized spacial score (nSPS) is 11.8. The molecule has 1 amide bonds. The van der Waals surface area contributed by atoms with E-state index in [0.717, 1.165) is 40.1 Å². The van der Waals surface area contributed by atoms with E-state index < -0.39 is 6.04 Å². The molecule has 5 heteroatoms. The molecule has 1 unspecified atom stereocenters. The third kappa shape index (κ3) is 5.93. The van der Waals surface area contributed by atoms with Crippen LogP contribution in [0.1, 0.15) is 23.6 Å². The van der Waals surface area contributed by atoms with Gasteiger partial charge in [-0.3, -0.25) is 4.79 Å². The van der Waals surface area contributed by atoms with Crippen LogP contribution in [0, 0.1) is 0 Å². The number of carbonyl (C=O) groups is 1. The predicted molar refractivity (Wildman–Crippen MR) is 168 cm³/mol. The number of benzene rings is 5. The molecule has 0 radical (unpaired) electrons. The molecule has 4 nitrogen and oxygen atoms in total. The van der Waals surface area contributed by atoms with Crippen LogP contribution in [0.3, 0.4) is 0 Å². The maximum Gasteiger partial charge on any atom is 0.250 e. The van der Waals surface area contributed by atoms with Crippen LogP contribution in [0.5, 0.6) is 0 Å². The van der Waals surface area contributed by atoms with E-state index in [-0.39, 0.29) is 5.91 Å². The van der Waals surface area contributed by atoms with Gasteiger partial charge in [-0.15, -0.1) is 0 Å². The molecule has 6 rings (SSSR count). The average Bonchev–Trinajstić information content (AvgIpc) is 3.41. The van der Waals surface area contributed by atoms with E-state index in [1.807, 2.05) is 114 Å². The highest BCUT2D eigenvalue weighted by Crippen LogP contribution is 2.34. The number of rotatable bonds is 9. The molecule has 5 aromatic carbocycles. The lowest BCUT2D eigenvalue weighted by Gasteiger charge is -2.30. The van der Waals surface area contributed by atoms with E-state index in [4.69, 9.17) is 16.6 Å². The topological polar surface area (TPSA) is 38.1 Å². The van der Waals surface area contributed by atoms with Crippen LogP contribution in [-0.2, 0) is 17.8 Å². The molecule has 0 saturated heterocycles. The standard InChI is InChI=1S/C36H30ClN3O/c37-30-23-21-29(22-24-30)35-38-32-18-10-11-19-33(32)40(35)34(25-20-27-12-4-1-5-13-27)36(41)39(31-16-8-3-9-17-31)26-28-14-6-2-7-15-28/h1-19,21-24,34H,20,25-26H2. The van der Waals surface area contributed by atoms with Crippen molar-refractivity contribution in [3.05, 3.63) is 156 Å². The lowest BCUT2D eigenvalue weighted by Crippen LogP contribution is -2.37. The van der Waals surface area contributed by atoms with Gasteiger partial charge in [0.15, 0.2) is 0 Å². The van der Waals surface area contributed by atoms with E-state index in [2.05, 4.69) is 34.9 Å². The van der Waals surface area contributed by atoms with Gasteiger partial charge in [0, 0.05) is 16.3 Å². The Morgan fingerprint density at radius 3 is 1.98 bits per heavy atom. The van der Waals surface area contributed by atoms with Crippen molar-refractivity contribution < 1.29 is 4.79 Å². The highest BCUT2D eigenvalue weighted by molar-refractivity contribution is 6.30. The lowest BCUT2D eigenvalue weighted by atomic mass is 10.0. The number of fused-ring (bicyclic) bond motifs is 1. The van der Waals surface area contributed by atoms with Crippen molar-refractivity contribution in [2.24, 2.45) is 0 Å². The van der Waals surface area contributed by atoms with Crippen molar-refractivity contribution in [1.29, 1.82) is 0 Å². The number of imidazole rings is 1. The Labute approximate surface area is 245 Å². The van der Waals surface area contributed by atoms with Crippen molar-refractivity contribution in [1.82, 2.24) is 9.55 Å². The monoisotopic (exact) mass is 555 g/mol. The smallest absolute Gasteiger partial charge is 0.250 e. The molecular formula is C36H30ClN3O. The fourth-order valence-corrected chi connectivity index (χ4v) is 5.45. The molecule has 0 bridgehead atoms. The summed E-state index contributed by atoms with van der Waals surface area (Å²) in [7, 11) is 0. The Kier molecular flexibility index (Phi) is 7.92. The number of hydrogen-bond acceptors (Lipinski definition) is 2. The number of halogens is 1. The van der Waals surface area contributed by atoms with Gasteiger partial charge in [-0.25, -0.2) is 4.98 Å². The molecule has 41 heavy (non-hydrogen) atoms. The van der Waals surface area contributed by atoms with Crippen LogP contribution < -0.4 is 4.90 Å². The maximum absolute atomic E-state index is 14.9. The molecule has 0 saturated carbocycles. The van der Waals surface area contributed by atoms with Crippen molar-refractivity contribution in [2.45, 2.75) is 25.4 Å². The zero-order valence-electron chi connectivity index (χ0n) is 22.6. The Morgan fingerprint density at radius 2 is 1.29 bits per heavy atom. The van der Waals surface area contributed by atoms with Gasteiger partial charge in [0.05, 0.1) is 17.6 Å². The van der Waals surface area contributed by atoms with Gasteiger partial charge >= 0.3 is 0 Å². The molecule has 0 spiro atoms. The van der Waals surface area contributed by atoms with Gasteiger partial charge in [0.2, 0.25) is 5.91 Å². The quantitative estimate of drug-likeness (QED) is 0.179. The summed E-state index contributed by atoms with van der Waals surface area (Å²) in [6.45, 7) is 0.467. The molecule has 0 aliphatic heterocycles. The summed E-state index contributed by atoms with van der Waals surface area (Å²) in [6.07, 6.45) is 1.36. The van der Waals surface area contributed by atoms with E-state index in [1.54, 1.807) is 0 Å². The van der Waals surface area contributed by atoms with Gasteiger partial charge in [-0.1, -0.05) is 103 Å². The first-order valence-electron chi connectivity index (χ1n) is 13.8. The second-order valence-corrected chi connectivity index (χ2v) is 10.5. The van der Waals surface area contributed by atoms with Gasteiger partial charge in [0.25, 0.3) is 0 Å². The SMILES string of the molecule is O=C(C(CCc1ccccc1)n1c(-c2ccc(Cl)cc2)nc2ccccc21)N(Cc1ccccc1)c1ccccc1. The van der Waals surface area contributed by atoms with Crippen molar-refractivity contribution in [3.63, 3.8) is 0 Å². The molecular weight excluding hydrogens is 526 g/mol. The Morgan fingerprint density at radius 1 is 0.707 bits per heavy atom. The molecule has 0 aliphatic carbocycles. The van der Waals surface area contributed by atoms with Gasteiger partial charge in [-0.05, 0) is 72.5 Å². The Bertz CT molecular complexity index is 1730. The summed E-state index contributed by atoms with van der Waals surface area (Å²) in [5.74, 6) is 0.774. The van der Waals surface area contributed by atoms with E-state index in [9.17, 15) is 4.79 Å². The number of nitrogens with zero attached hydrogens (tertiary/aromatic N) is 3. The third-order valence-corrected chi connectivity index (χ3v) is 7.61. The maximum atomic E-state index is 14.9. The first-order valence-corrected chi connectivity index (χ1v) is 14.2. The van der Waals surface area contributed by atoms with Crippen LogP contribution in [0.4, 0.5) is 5.69 Å². The summed E-state index contributed by atoms with van der Waals surface area (Å²) in [6, 6.07) is 45.6. The second-order valence-electron chi connectivity index (χ2n) is 10.1. The van der Waals surface area contributed by atoms with Gasteiger partial charge in [-0.2, -0.15) is 0 Å². The summed E-state index contributed by atoms with van der Waals surface area (Å²) < 4.78 is 2.13. The van der Waals surface area contributed by atoms with E-state index in [1.165, 1.54) is 5.56 Å². The average molecular weight is 556 g/mol. The van der Waals surface area contributed by atoms with Crippen LogP contribution in [0.15, 0.2) is 140 Å². The molecule has 6 aromatic rings. The minimum absolute atomic E-state index is 0.0225. The van der Waals surface area contributed by atoms with Crippen LogP contribution >= 0.6 is 11.6 Å². The molecule has 0 N–H and O–H groups in total. The summed E-state index contributed by atoms with van der Waals surface area (Å²) >= 11 is 6.25. The minimum atomic E-state index is -0.503. The molecule has 1 atom stereocenters. The zero-order chi connectivity index (χ0) is 28.0. The second kappa shape index (κ2) is 12.2. The zero-order valence-corrected chi connectivity index (χ0v) is 23.4. The number of para-hydroxylation sites is 3. The van der Waals surface area contributed by atoms with Crippen LogP contribution in [-0.4, -0.2) is 15.5 Å². The van der Waals surface area contributed by atoms with Gasteiger partial charge in [0.1, 0.15) is 11.9 Å². The third-order valence-electron chi connectivity index (χ3n) is 7.36. The van der Waals surface area contributed by atoms with Crippen LogP contribution in [0.2, 0.25) is 5.02 Å². The first-order chi connectivity index (χ1) is 20.2. The number of hydrogen-bond donors (Lipinski definition) is 0. The Hall–Kier alpha value is -4.67. The minimum Gasteiger partial charge on any atom is -0.311 e. The molecule has 1 aromatic heterocycles. The van der Waals surface area contributed by atoms with Crippen molar-refractivity contribution in [2.75, 3.05) is 4.90 Å². The molecule has 202 valence electrons. The number of anilines is 1. The van der Waals surface area contributed by atoms with Crippen molar-refractivity contribution in [3.8, 4) is 11.4 Å². The number of aryl methyl sites for hydroxylation is 1. The highest BCUT2D eigenvalue weighted by Gasteiger charge is 2.31. The van der Waals surface area contributed by atoms with E-state index in [0.29, 0.717) is 18.0 Å². The molecule has 1 heterocycles. The molecule has 0 fully saturated rings. The summed E-state index contributed by atoms with van der Waals surface area (Å²) in [5, 5.41) is 0.659. The van der Waals surface area contributed by atoms with Crippen LogP contribution in [0.25, 0.3) is 22.4 Å². The number of amides is 1. The number of aromatic nitrogens is 2. The number of carbonyl (C=O) groups excluding carboxylic acids is 1. The highest BCUT2D eigenvalue weighted by atomic mass is 35.5. The molecule has 0 aliphatic rings. The summed E-state index contributed by atoms with van der Waals surface area (Å²) in [5.41, 5.74) is 5.82. The fourth-order valence-electron chi connectivity index (χ4n) is 5.32. The largest absolute Gasteiger partial charge is 0.311 e. The van der Waals surface area contributed by atoms with E-state index >= 15 is 0 Å². The van der Waals surface area contributed by atoms with Gasteiger partial charge < -0.3 is 9.47 Å². The predicted octanol–water partition coefficient (Wildman–Crippen LogP) is 8.76. The summed E-state index contributed by atoms with van der Waals surface area (Å²) in [4.78, 5) is 21.8. The first kappa shape index (κ1) is 26.5. The lowest BCUT2D eigenvalue weighted by molar-refractivity contribution is -0.122. The van der Waals surface area contributed by atoms with Crippen molar-refractivity contribution >= 4 is 34.2 Å². The Balaban J connectivity index is 1.50.